The zero-order chi connectivity index (χ0) is 22.0. The number of hydrogen-bond acceptors (Lipinski definition) is 3. The van der Waals surface area contributed by atoms with Gasteiger partial charge in [-0.1, -0.05) is 24.3 Å². The van der Waals surface area contributed by atoms with E-state index >= 15 is 0 Å². The van der Waals surface area contributed by atoms with Crippen molar-refractivity contribution in [2.45, 2.75) is 26.3 Å². The summed E-state index contributed by atoms with van der Waals surface area (Å²) in [5.74, 6) is 0.188. The fraction of sp³-hybridized carbons (Fsp3) is 0.375. The number of hydrogen-bond donors (Lipinski definition) is 1. The molecule has 2 heterocycles. The van der Waals surface area contributed by atoms with Crippen LogP contribution in [0.15, 0.2) is 48.5 Å². The van der Waals surface area contributed by atoms with Crippen molar-refractivity contribution < 1.29 is 13.2 Å². The molecule has 1 amide bonds. The van der Waals surface area contributed by atoms with E-state index in [4.69, 9.17) is 0 Å². The number of nitrogens with zero attached hydrogens (tertiary/aromatic N) is 2. The van der Waals surface area contributed by atoms with Crippen molar-refractivity contribution in [2.24, 2.45) is 5.92 Å². The van der Waals surface area contributed by atoms with Gasteiger partial charge in [0.05, 0.1) is 6.26 Å². The average molecular weight is 440 g/mol. The number of nitrogens with one attached hydrogen (secondary N) is 1. The van der Waals surface area contributed by atoms with E-state index in [1.807, 2.05) is 12.1 Å². The Morgan fingerprint density at radius 3 is 2.52 bits per heavy atom. The van der Waals surface area contributed by atoms with Crippen LogP contribution in [0.4, 0.5) is 0 Å². The minimum Gasteiger partial charge on any atom is -0.352 e. The Morgan fingerprint density at radius 2 is 1.81 bits per heavy atom. The van der Waals surface area contributed by atoms with Gasteiger partial charge in [-0.05, 0) is 55.5 Å². The van der Waals surface area contributed by atoms with Crippen molar-refractivity contribution in [3.05, 3.63) is 54.1 Å². The first-order valence-corrected chi connectivity index (χ1v) is 12.6. The zero-order valence-corrected chi connectivity index (χ0v) is 18.9. The van der Waals surface area contributed by atoms with Crippen LogP contribution >= 0.6 is 0 Å². The Hall–Kier alpha value is -2.64. The normalized spacial score (nSPS) is 16.5. The summed E-state index contributed by atoms with van der Waals surface area (Å²) in [5, 5.41) is 5.37. The highest BCUT2D eigenvalue weighted by molar-refractivity contribution is 7.88. The van der Waals surface area contributed by atoms with Gasteiger partial charge in [0.1, 0.15) is 0 Å². The number of carbonyl (C=O) groups excluding carboxylic acids is 1. The van der Waals surface area contributed by atoms with E-state index in [0.29, 0.717) is 25.6 Å². The molecule has 1 aromatic heterocycles. The van der Waals surface area contributed by atoms with Crippen molar-refractivity contribution in [1.29, 1.82) is 0 Å². The summed E-state index contributed by atoms with van der Waals surface area (Å²) < 4.78 is 27.0. The first kappa shape index (κ1) is 21.6. The van der Waals surface area contributed by atoms with Crippen LogP contribution in [-0.2, 0) is 21.4 Å². The van der Waals surface area contributed by atoms with Gasteiger partial charge in [0.2, 0.25) is 15.9 Å². The maximum Gasteiger partial charge on any atom is 0.244 e. The molecule has 0 saturated carbocycles. The molecule has 1 aliphatic rings. The minimum absolute atomic E-state index is 0.123. The molecule has 1 saturated heterocycles. The van der Waals surface area contributed by atoms with Gasteiger partial charge < -0.3 is 9.88 Å². The highest BCUT2D eigenvalue weighted by atomic mass is 32.2. The van der Waals surface area contributed by atoms with Crippen molar-refractivity contribution in [1.82, 2.24) is 14.2 Å². The molecular formula is C24H29N3O3S. The molecule has 0 unspecified atom stereocenters. The van der Waals surface area contributed by atoms with Crippen molar-refractivity contribution >= 4 is 43.8 Å². The lowest BCUT2D eigenvalue weighted by Gasteiger charge is -2.30. The summed E-state index contributed by atoms with van der Waals surface area (Å²) in [7, 11) is -3.12. The number of amides is 1. The standard InChI is InChI=1S/C24H29N3O3S/c1-3-27-22-7-5-4-6-20(22)21-16-18(8-10-23(21)27)9-11-24(28)25-17-19-12-14-26(15-13-19)31(2,29)30/h4-11,16,19H,3,12-15,17H2,1-2H3,(H,25,28)/b11-9+. The van der Waals surface area contributed by atoms with Crippen molar-refractivity contribution in [2.75, 3.05) is 25.9 Å². The second-order valence-corrected chi connectivity index (χ2v) is 10.2. The monoisotopic (exact) mass is 439 g/mol. The third kappa shape index (κ3) is 4.67. The Morgan fingerprint density at radius 1 is 1.10 bits per heavy atom. The summed E-state index contributed by atoms with van der Waals surface area (Å²) in [6.45, 7) is 4.69. The molecule has 3 aromatic rings. The van der Waals surface area contributed by atoms with Gasteiger partial charge in [-0.3, -0.25) is 4.79 Å². The highest BCUT2D eigenvalue weighted by Crippen LogP contribution is 2.30. The summed E-state index contributed by atoms with van der Waals surface area (Å²) in [4.78, 5) is 12.3. The summed E-state index contributed by atoms with van der Waals surface area (Å²) in [6.07, 6.45) is 6.21. The molecule has 0 aliphatic carbocycles. The lowest BCUT2D eigenvalue weighted by molar-refractivity contribution is -0.116. The molecular weight excluding hydrogens is 410 g/mol. The van der Waals surface area contributed by atoms with Crippen molar-refractivity contribution in [3.8, 4) is 0 Å². The summed E-state index contributed by atoms with van der Waals surface area (Å²) in [6, 6.07) is 14.7. The number of aromatic nitrogens is 1. The minimum atomic E-state index is -3.12. The van der Waals surface area contributed by atoms with E-state index in [-0.39, 0.29) is 5.91 Å². The third-order valence-corrected chi connectivity index (χ3v) is 7.45. The SMILES string of the molecule is CCn1c2ccccc2c2cc(/C=C/C(=O)NCC3CCN(S(C)(=O)=O)CC3)ccc21. The Labute approximate surface area is 183 Å². The van der Waals surface area contributed by atoms with Crippen LogP contribution in [0, 0.1) is 5.92 Å². The number of rotatable bonds is 6. The number of sulfonamides is 1. The zero-order valence-electron chi connectivity index (χ0n) is 18.0. The molecule has 0 atom stereocenters. The van der Waals surface area contributed by atoms with Crippen LogP contribution in [0.1, 0.15) is 25.3 Å². The maximum absolute atomic E-state index is 12.3. The molecule has 31 heavy (non-hydrogen) atoms. The van der Waals surface area contributed by atoms with Crippen LogP contribution in [-0.4, -0.2) is 49.1 Å². The van der Waals surface area contributed by atoms with E-state index in [1.165, 1.54) is 32.4 Å². The molecule has 1 N–H and O–H groups in total. The largest absolute Gasteiger partial charge is 0.352 e. The second kappa shape index (κ2) is 8.85. The number of piperidine rings is 1. The van der Waals surface area contributed by atoms with Crippen LogP contribution in [0.25, 0.3) is 27.9 Å². The maximum atomic E-state index is 12.3. The molecule has 7 heteroatoms. The highest BCUT2D eigenvalue weighted by Gasteiger charge is 2.24. The van der Waals surface area contributed by atoms with E-state index in [9.17, 15) is 13.2 Å². The molecule has 4 rings (SSSR count). The van der Waals surface area contributed by atoms with Gasteiger partial charge >= 0.3 is 0 Å². The molecule has 1 fully saturated rings. The predicted octanol–water partition coefficient (Wildman–Crippen LogP) is 3.62. The molecule has 164 valence electrons. The Kier molecular flexibility index (Phi) is 6.16. The summed E-state index contributed by atoms with van der Waals surface area (Å²) in [5.41, 5.74) is 3.41. The van der Waals surface area contributed by atoms with Gasteiger partial charge in [-0.25, -0.2) is 12.7 Å². The van der Waals surface area contributed by atoms with Crippen LogP contribution in [0.2, 0.25) is 0 Å². The fourth-order valence-electron chi connectivity index (χ4n) is 4.44. The van der Waals surface area contributed by atoms with Gasteiger partial charge in [-0.15, -0.1) is 0 Å². The number of fused-ring (bicyclic) bond motifs is 3. The lowest BCUT2D eigenvalue weighted by Crippen LogP contribution is -2.40. The number of benzene rings is 2. The molecule has 1 aliphatic heterocycles. The topological polar surface area (TPSA) is 71.4 Å². The smallest absolute Gasteiger partial charge is 0.244 e. The molecule has 0 spiro atoms. The fourth-order valence-corrected chi connectivity index (χ4v) is 5.31. The average Bonchev–Trinajstić information content (AvgIpc) is 3.09. The molecule has 0 radical (unpaired) electrons. The third-order valence-electron chi connectivity index (χ3n) is 6.15. The van der Waals surface area contributed by atoms with E-state index in [0.717, 1.165) is 24.9 Å². The van der Waals surface area contributed by atoms with Crippen LogP contribution < -0.4 is 5.32 Å². The van der Waals surface area contributed by atoms with Gasteiger partial charge in [-0.2, -0.15) is 0 Å². The van der Waals surface area contributed by atoms with Gasteiger partial charge in [0.25, 0.3) is 0 Å². The van der Waals surface area contributed by atoms with E-state index < -0.39 is 10.0 Å². The van der Waals surface area contributed by atoms with Gasteiger partial charge in [0, 0.05) is 54.1 Å². The quantitative estimate of drug-likeness (QED) is 0.597. The lowest BCUT2D eigenvalue weighted by atomic mass is 9.98. The van der Waals surface area contributed by atoms with Crippen LogP contribution in [0.5, 0.6) is 0 Å². The first-order chi connectivity index (χ1) is 14.9. The predicted molar refractivity (Wildman–Crippen MR) is 126 cm³/mol. The van der Waals surface area contributed by atoms with E-state index in [1.54, 1.807) is 6.08 Å². The molecule has 0 bridgehead atoms. The number of carbonyl (C=O) groups is 1. The van der Waals surface area contributed by atoms with Gasteiger partial charge in [0.15, 0.2) is 0 Å². The number of aryl methyl sites for hydroxylation is 1. The Balaban J connectivity index is 1.39. The molecule has 2 aromatic carbocycles. The van der Waals surface area contributed by atoms with Crippen LogP contribution in [0.3, 0.4) is 0 Å². The number of para-hydroxylation sites is 1. The molecule has 6 nitrogen and oxygen atoms in total. The second-order valence-electron chi connectivity index (χ2n) is 8.22. The Bertz CT molecular complexity index is 1240. The first-order valence-electron chi connectivity index (χ1n) is 10.8. The van der Waals surface area contributed by atoms with E-state index in [2.05, 4.69) is 53.2 Å². The van der Waals surface area contributed by atoms with Crippen molar-refractivity contribution in [3.63, 3.8) is 0 Å². The summed E-state index contributed by atoms with van der Waals surface area (Å²) >= 11 is 0.